The number of carbonyl (C=O) groups excluding carboxylic acids is 1. The van der Waals surface area contributed by atoms with E-state index in [0.717, 1.165) is 29.4 Å². The summed E-state index contributed by atoms with van der Waals surface area (Å²) in [4.78, 5) is 11.7. The second-order valence-electron chi connectivity index (χ2n) is 5.00. The number of benzene rings is 1. The highest BCUT2D eigenvalue weighted by molar-refractivity contribution is 5.87. The van der Waals surface area contributed by atoms with Gasteiger partial charge in [0, 0.05) is 17.3 Å². The van der Waals surface area contributed by atoms with Gasteiger partial charge in [-0.2, -0.15) is 0 Å². The van der Waals surface area contributed by atoms with E-state index in [1.54, 1.807) is 0 Å². The van der Waals surface area contributed by atoms with Crippen molar-refractivity contribution in [2.45, 2.75) is 26.3 Å². The van der Waals surface area contributed by atoms with E-state index in [1.807, 2.05) is 34.9 Å². The summed E-state index contributed by atoms with van der Waals surface area (Å²) in [7, 11) is 1.37. The Balaban J connectivity index is 2.10. The maximum absolute atomic E-state index is 11.7. The quantitative estimate of drug-likeness (QED) is 0.677. The van der Waals surface area contributed by atoms with Gasteiger partial charge < -0.3 is 13.7 Å². The van der Waals surface area contributed by atoms with Crippen molar-refractivity contribution in [2.24, 2.45) is 0 Å². The van der Waals surface area contributed by atoms with Crippen LogP contribution in [0.5, 0.6) is 0 Å². The SMILES string of the molecule is CCCc1nnc(-c2cc3ccccc3n2CC(=O)OC)o1. The van der Waals surface area contributed by atoms with Gasteiger partial charge in [-0.3, -0.25) is 4.79 Å². The second-order valence-corrected chi connectivity index (χ2v) is 5.00. The summed E-state index contributed by atoms with van der Waals surface area (Å²) in [5.74, 6) is 0.701. The largest absolute Gasteiger partial charge is 0.468 e. The first kappa shape index (κ1) is 14.3. The number of para-hydroxylation sites is 1. The number of aryl methyl sites for hydroxylation is 1. The number of ether oxygens (including phenoxy) is 1. The van der Waals surface area contributed by atoms with Gasteiger partial charge in [0.15, 0.2) is 0 Å². The third-order valence-corrected chi connectivity index (χ3v) is 3.48. The summed E-state index contributed by atoms with van der Waals surface area (Å²) in [6, 6.07) is 9.75. The molecular formula is C16H17N3O3. The molecule has 0 fully saturated rings. The number of carbonyl (C=O) groups is 1. The van der Waals surface area contributed by atoms with Gasteiger partial charge in [-0.25, -0.2) is 0 Å². The number of methoxy groups -OCH3 is 1. The Morgan fingerprint density at radius 1 is 1.32 bits per heavy atom. The summed E-state index contributed by atoms with van der Waals surface area (Å²) >= 11 is 0. The fourth-order valence-corrected chi connectivity index (χ4v) is 2.42. The molecule has 1 aromatic carbocycles. The van der Waals surface area contributed by atoms with Crippen molar-refractivity contribution in [3.05, 3.63) is 36.2 Å². The van der Waals surface area contributed by atoms with Crippen molar-refractivity contribution in [1.82, 2.24) is 14.8 Å². The zero-order valence-corrected chi connectivity index (χ0v) is 12.6. The average Bonchev–Trinajstić information content (AvgIpc) is 3.13. The summed E-state index contributed by atoms with van der Waals surface area (Å²) < 4.78 is 12.3. The lowest BCUT2D eigenvalue weighted by Gasteiger charge is -2.06. The van der Waals surface area contributed by atoms with Gasteiger partial charge in [-0.05, 0) is 18.6 Å². The third kappa shape index (κ3) is 2.59. The summed E-state index contributed by atoms with van der Waals surface area (Å²) in [6.45, 7) is 2.16. The lowest BCUT2D eigenvalue weighted by molar-refractivity contribution is -0.141. The van der Waals surface area contributed by atoms with Crippen LogP contribution in [0.2, 0.25) is 0 Å². The van der Waals surface area contributed by atoms with Crippen LogP contribution in [0.3, 0.4) is 0 Å². The van der Waals surface area contributed by atoms with E-state index in [9.17, 15) is 4.79 Å². The molecule has 0 aliphatic heterocycles. The second kappa shape index (κ2) is 6.01. The molecule has 0 radical (unpaired) electrons. The average molecular weight is 299 g/mol. The van der Waals surface area contributed by atoms with E-state index in [1.165, 1.54) is 7.11 Å². The molecule has 0 saturated heterocycles. The Bertz CT molecular complexity index is 804. The molecule has 3 aromatic rings. The maximum atomic E-state index is 11.7. The van der Waals surface area contributed by atoms with E-state index in [4.69, 9.17) is 9.15 Å². The molecule has 0 spiro atoms. The Morgan fingerprint density at radius 3 is 2.91 bits per heavy atom. The highest BCUT2D eigenvalue weighted by Crippen LogP contribution is 2.27. The normalized spacial score (nSPS) is 11.0. The molecule has 0 aliphatic carbocycles. The van der Waals surface area contributed by atoms with Gasteiger partial charge in [0.05, 0.1) is 7.11 Å². The topological polar surface area (TPSA) is 70.2 Å². The molecule has 2 aromatic heterocycles. The van der Waals surface area contributed by atoms with Crippen molar-refractivity contribution >= 4 is 16.9 Å². The minimum Gasteiger partial charge on any atom is -0.468 e. The first-order valence-electron chi connectivity index (χ1n) is 7.20. The van der Waals surface area contributed by atoms with Gasteiger partial charge in [-0.15, -0.1) is 10.2 Å². The number of hydrogen-bond donors (Lipinski definition) is 0. The molecule has 6 nitrogen and oxygen atoms in total. The van der Waals surface area contributed by atoms with Gasteiger partial charge in [0.25, 0.3) is 5.89 Å². The lowest BCUT2D eigenvalue weighted by atomic mass is 10.2. The lowest BCUT2D eigenvalue weighted by Crippen LogP contribution is -2.12. The van der Waals surface area contributed by atoms with Crippen molar-refractivity contribution in [1.29, 1.82) is 0 Å². The van der Waals surface area contributed by atoms with Crippen LogP contribution < -0.4 is 0 Å². The standard InChI is InChI=1S/C16H17N3O3/c1-3-6-14-17-18-16(22-14)13-9-11-7-4-5-8-12(11)19(13)10-15(20)21-2/h4-5,7-9H,3,6,10H2,1-2H3. The first-order valence-corrected chi connectivity index (χ1v) is 7.20. The van der Waals surface area contributed by atoms with Crippen molar-refractivity contribution in [3.8, 4) is 11.6 Å². The Labute approximate surface area is 127 Å². The molecule has 6 heteroatoms. The minimum atomic E-state index is -0.323. The van der Waals surface area contributed by atoms with E-state index < -0.39 is 0 Å². The molecule has 0 unspecified atom stereocenters. The van der Waals surface area contributed by atoms with Crippen LogP contribution in [0.25, 0.3) is 22.5 Å². The molecule has 2 heterocycles. The number of rotatable bonds is 5. The van der Waals surface area contributed by atoms with E-state index >= 15 is 0 Å². The monoisotopic (exact) mass is 299 g/mol. The van der Waals surface area contributed by atoms with Crippen LogP contribution in [0.4, 0.5) is 0 Å². The number of nitrogens with zero attached hydrogens (tertiary/aromatic N) is 3. The van der Waals surface area contributed by atoms with Crippen LogP contribution in [0, 0.1) is 0 Å². The predicted octanol–water partition coefficient (Wildman–Crippen LogP) is 2.82. The van der Waals surface area contributed by atoms with Crippen LogP contribution in [0.15, 0.2) is 34.7 Å². The molecule has 0 amide bonds. The molecule has 0 bridgehead atoms. The van der Waals surface area contributed by atoms with E-state index in [2.05, 4.69) is 17.1 Å². The molecule has 3 rings (SSSR count). The van der Waals surface area contributed by atoms with Gasteiger partial charge in [0.2, 0.25) is 5.89 Å². The van der Waals surface area contributed by atoms with Crippen molar-refractivity contribution in [3.63, 3.8) is 0 Å². The van der Waals surface area contributed by atoms with Crippen molar-refractivity contribution < 1.29 is 13.9 Å². The number of fused-ring (bicyclic) bond motifs is 1. The Morgan fingerprint density at radius 2 is 2.14 bits per heavy atom. The minimum absolute atomic E-state index is 0.102. The summed E-state index contributed by atoms with van der Waals surface area (Å²) in [6.07, 6.45) is 1.68. The molecule has 114 valence electrons. The van der Waals surface area contributed by atoms with Gasteiger partial charge in [0.1, 0.15) is 12.2 Å². The van der Waals surface area contributed by atoms with Crippen LogP contribution in [0.1, 0.15) is 19.2 Å². The fraction of sp³-hybridized carbons (Fsp3) is 0.312. The maximum Gasteiger partial charge on any atom is 0.325 e. The number of esters is 1. The van der Waals surface area contributed by atoms with Crippen molar-refractivity contribution in [2.75, 3.05) is 7.11 Å². The predicted molar refractivity (Wildman–Crippen MR) is 81.2 cm³/mol. The Hall–Kier alpha value is -2.63. The smallest absolute Gasteiger partial charge is 0.325 e. The highest BCUT2D eigenvalue weighted by Gasteiger charge is 2.18. The molecule has 0 aliphatic rings. The van der Waals surface area contributed by atoms with Gasteiger partial charge in [-0.1, -0.05) is 25.1 Å². The molecule has 22 heavy (non-hydrogen) atoms. The van der Waals surface area contributed by atoms with Gasteiger partial charge >= 0.3 is 5.97 Å². The van der Waals surface area contributed by atoms with Crippen LogP contribution in [-0.4, -0.2) is 27.8 Å². The molecule has 0 N–H and O–H groups in total. The van der Waals surface area contributed by atoms with E-state index in [0.29, 0.717) is 11.8 Å². The summed E-state index contributed by atoms with van der Waals surface area (Å²) in [5, 5.41) is 9.16. The van der Waals surface area contributed by atoms with E-state index in [-0.39, 0.29) is 12.5 Å². The fourth-order valence-electron chi connectivity index (χ4n) is 2.42. The Kier molecular flexibility index (Phi) is 3.91. The first-order chi connectivity index (χ1) is 10.7. The zero-order valence-electron chi connectivity index (χ0n) is 12.6. The molecule has 0 saturated carbocycles. The number of hydrogen-bond acceptors (Lipinski definition) is 5. The highest BCUT2D eigenvalue weighted by atomic mass is 16.5. The number of aromatic nitrogens is 3. The van der Waals surface area contributed by atoms with Crippen LogP contribution >= 0.6 is 0 Å². The summed E-state index contributed by atoms with van der Waals surface area (Å²) in [5.41, 5.74) is 1.65. The third-order valence-electron chi connectivity index (χ3n) is 3.48. The van der Waals surface area contributed by atoms with Crippen LogP contribution in [-0.2, 0) is 22.5 Å². The molecule has 0 atom stereocenters. The zero-order chi connectivity index (χ0) is 15.5. The molecular weight excluding hydrogens is 282 g/mol.